The zero-order valence-electron chi connectivity index (χ0n) is 8.66. The molecule has 0 amide bonds. The van der Waals surface area contributed by atoms with Crippen LogP contribution in [0.5, 0.6) is 0 Å². The van der Waals surface area contributed by atoms with Crippen LogP contribution in [0.4, 0.5) is 0 Å². The van der Waals surface area contributed by atoms with Crippen LogP contribution >= 0.6 is 11.6 Å². The first-order chi connectivity index (χ1) is 7.77. The summed E-state index contributed by atoms with van der Waals surface area (Å²) in [6, 6.07) is 8.80. The molecule has 0 heterocycles. The molecule has 0 aliphatic rings. The third-order valence-corrected chi connectivity index (χ3v) is 2.07. The van der Waals surface area contributed by atoms with Crippen molar-refractivity contribution in [3.8, 4) is 17.9 Å². The molecule has 0 aliphatic carbocycles. The predicted octanol–water partition coefficient (Wildman–Crippen LogP) is 2.76. The number of ketones is 1. The Kier molecular flexibility index (Phi) is 5.12. The van der Waals surface area contributed by atoms with Crippen LogP contribution in [-0.4, -0.2) is 11.7 Å². The molecule has 0 aromatic heterocycles. The largest absolute Gasteiger partial charge is 0.293 e. The van der Waals surface area contributed by atoms with Gasteiger partial charge >= 0.3 is 0 Å². The summed E-state index contributed by atoms with van der Waals surface area (Å²) >= 11 is 5.50. The topological polar surface area (TPSA) is 40.9 Å². The molecule has 1 aromatic rings. The Morgan fingerprint density at radius 3 is 2.94 bits per heavy atom. The second kappa shape index (κ2) is 6.67. The second-order valence-corrected chi connectivity index (χ2v) is 3.46. The molecule has 0 radical (unpaired) electrons. The molecule has 0 unspecified atom stereocenters. The maximum absolute atomic E-state index is 11.4. The fourth-order valence-electron chi connectivity index (χ4n) is 1.16. The average molecular weight is 232 g/mol. The Hall–Kier alpha value is -1.77. The molecule has 16 heavy (non-hydrogen) atoms. The third kappa shape index (κ3) is 3.77. The van der Waals surface area contributed by atoms with Gasteiger partial charge in [-0.05, 0) is 12.1 Å². The Bertz CT molecular complexity index is 477. The number of carbonyl (C=O) groups excluding carboxylic acids is 1. The van der Waals surface area contributed by atoms with Gasteiger partial charge in [-0.3, -0.25) is 4.79 Å². The minimum atomic E-state index is -0.177. The zero-order valence-corrected chi connectivity index (χ0v) is 9.42. The van der Waals surface area contributed by atoms with Gasteiger partial charge in [0, 0.05) is 23.4 Å². The quantitative estimate of drug-likeness (QED) is 0.456. The Balaban J connectivity index is 2.85. The molecule has 1 rings (SSSR count). The number of carbonyl (C=O) groups is 1. The lowest BCUT2D eigenvalue weighted by atomic mass is 10.1. The summed E-state index contributed by atoms with van der Waals surface area (Å²) in [7, 11) is 0. The van der Waals surface area contributed by atoms with Crippen LogP contribution in [0.25, 0.3) is 0 Å². The lowest BCUT2D eigenvalue weighted by molar-refractivity contribution is 0.0997. The van der Waals surface area contributed by atoms with Crippen molar-refractivity contribution in [1.29, 1.82) is 5.26 Å². The third-order valence-electron chi connectivity index (χ3n) is 1.88. The number of Topliss-reactive ketones (excluding diaryl/α,β-unsaturated/α-hetero) is 1. The van der Waals surface area contributed by atoms with E-state index in [1.165, 1.54) is 0 Å². The molecule has 0 aliphatic heterocycles. The molecule has 3 heteroatoms. The smallest absolute Gasteiger partial charge is 0.176 e. The number of halogens is 1. The molecule has 0 atom stereocenters. The molecule has 0 bridgehead atoms. The first-order valence-electron chi connectivity index (χ1n) is 4.83. The van der Waals surface area contributed by atoms with Crippen LogP contribution in [0.1, 0.15) is 28.8 Å². The van der Waals surface area contributed by atoms with Gasteiger partial charge < -0.3 is 0 Å². The van der Waals surface area contributed by atoms with Crippen LogP contribution in [0.3, 0.4) is 0 Å². The molecule has 0 spiro atoms. The highest BCUT2D eigenvalue weighted by Gasteiger charge is 2.04. The number of hydrogen-bond acceptors (Lipinski definition) is 2. The number of hydrogen-bond donors (Lipinski definition) is 0. The summed E-state index contributed by atoms with van der Waals surface area (Å²) in [5.74, 6) is 6.13. The summed E-state index contributed by atoms with van der Waals surface area (Å²) in [4.78, 5) is 11.4. The molecule has 0 saturated heterocycles. The first-order valence-corrected chi connectivity index (χ1v) is 5.36. The van der Waals surface area contributed by atoms with E-state index >= 15 is 0 Å². The highest BCUT2D eigenvalue weighted by Crippen LogP contribution is 2.06. The van der Waals surface area contributed by atoms with E-state index < -0.39 is 0 Å². The standard InChI is InChI=1S/C13H10ClNO/c14-8-2-1-4-11-5-3-6-12(10-11)13(16)7-9-15/h3,5-6,10H,2,7-8H2. The van der Waals surface area contributed by atoms with Gasteiger partial charge in [0.1, 0.15) is 0 Å². The van der Waals surface area contributed by atoms with Gasteiger partial charge in [0.05, 0.1) is 12.5 Å². The minimum Gasteiger partial charge on any atom is -0.293 e. The highest BCUT2D eigenvalue weighted by molar-refractivity contribution is 6.18. The summed E-state index contributed by atoms with van der Waals surface area (Å²) in [6.45, 7) is 0. The maximum Gasteiger partial charge on any atom is 0.176 e. The molecular formula is C13H10ClNO. The van der Waals surface area contributed by atoms with Crippen LogP contribution in [0, 0.1) is 23.2 Å². The van der Waals surface area contributed by atoms with Crippen molar-refractivity contribution < 1.29 is 4.79 Å². The van der Waals surface area contributed by atoms with Crippen molar-refractivity contribution in [2.75, 3.05) is 5.88 Å². The van der Waals surface area contributed by atoms with Crippen molar-refractivity contribution in [3.63, 3.8) is 0 Å². The van der Waals surface area contributed by atoms with E-state index in [9.17, 15) is 4.79 Å². The fourth-order valence-corrected chi connectivity index (χ4v) is 1.25. The highest BCUT2D eigenvalue weighted by atomic mass is 35.5. The van der Waals surface area contributed by atoms with Crippen molar-refractivity contribution in [2.24, 2.45) is 0 Å². The van der Waals surface area contributed by atoms with E-state index in [-0.39, 0.29) is 12.2 Å². The molecular weight excluding hydrogens is 222 g/mol. The normalized spacial score (nSPS) is 8.75. The van der Waals surface area contributed by atoms with Crippen LogP contribution in [-0.2, 0) is 0 Å². The van der Waals surface area contributed by atoms with Crippen LogP contribution in [0.15, 0.2) is 24.3 Å². The number of nitrogens with zero attached hydrogens (tertiary/aromatic N) is 1. The molecule has 2 nitrogen and oxygen atoms in total. The molecule has 1 aromatic carbocycles. The van der Waals surface area contributed by atoms with Crippen molar-refractivity contribution >= 4 is 17.4 Å². The van der Waals surface area contributed by atoms with Crippen LogP contribution < -0.4 is 0 Å². The summed E-state index contributed by atoms with van der Waals surface area (Å²) < 4.78 is 0. The van der Waals surface area contributed by atoms with E-state index in [0.29, 0.717) is 17.9 Å². The summed E-state index contributed by atoms with van der Waals surface area (Å²) in [5, 5.41) is 8.43. The molecule has 0 N–H and O–H groups in total. The van der Waals surface area contributed by atoms with E-state index in [0.717, 1.165) is 5.56 Å². The van der Waals surface area contributed by atoms with Gasteiger partial charge in [0.2, 0.25) is 0 Å². The molecule has 0 fully saturated rings. The van der Waals surface area contributed by atoms with E-state index in [4.69, 9.17) is 16.9 Å². The fraction of sp³-hybridized carbons (Fsp3) is 0.231. The van der Waals surface area contributed by atoms with E-state index in [1.807, 2.05) is 12.1 Å². The molecule has 80 valence electrons. The lowest BCUT2D eigenvalue weighted by Crippen LogP contribution is -1.97. The van der Waals surface area contributed by atoms with Crippen molar-refractivity contribution in [3.05, 3.63) is 35.4 Å². The van der Waals surface area contributed by atoms with Gasteiger partial charge in [-0.15, -0.1) is 11.6 Å². The van der Waals surface area contributed by atoms with Gasteiger partial charge in [0.25, 0.3) is 0 Å². The SMILES string of the molecule is N#CCC(=O)c1cccc(C#CCCCl)c1. The van der Waals surface area contributed by atoms with Gasteiger partial charge in [-0.25, -0.2) is 0 Å². The second-order valence-electron chi connectivity index (χ2n) is 3.08. The van der Waals surface area contributed by atoms with Crippen molar-refractivity contribution in [1.82, 2.24) is 0 Å². The van der Waals surface area contributed by atoms with Gasteiger partial charge in [-0.2, -0.15) is 5.26 Å². The van der Waals surface area contributed by atoms with Crippen molar-refractivity contribution in [2.45, 2.75) is 12.8 Å². The zero-order chi connectivity index (χ0) is 11.8. The first kappa shape index (κ1) is 12.3. The van der Waals surface area contributed by atoms with E-state index in [2.05, 4.69) is 11.8 Å². The minimum absolute atomic E-state index is 0.0986. The average Bonchev–Trinajstić information content (AvgIpc) is 2.30. The van der Waals surface area contributed by atoms with E-state index in [1.54, 1.807) is 18.2 Å². The molecule has 0 saturated carbocycles. The van der Waals surface area contributed by atoms with Gasteiger partial charge in [-0.1, -0.05) is 24.0 Å². The number of rotatable bonds is 3. The summed E-state index contributed by atoms with van der Waals surface area (Å²) in [6.07, 6.45) is 0.524. The Morgan fingerprint density at radius 2 is 2.25 bits per heavy atom. The van der Waals surface area contributed by atoms with Gasteiger partial charge in [0.15, 0.2) is 5.78 Å². The summed E-state index contributed by atoms with van der Waals surface area (Å²) in [5.41, 5.74) is 1.30. The monoisotopic (exact) mass is 231 g/mol. The van der Waals surface area contributed by atoms with Crippen LogP contribution in [0.2, 0.25) is 0 Å². The predicted molar refractivity (Wildman–Crippen MR) is 63.2 cm³/mol. The maximum atomic E-state index is 11.4. The number of alkyl halides is 1. The number of nitriles is 1. The number of benzene rings is 1. The Morgan fingerprint density at radius 1 is 1.44 bits per heavy atom. The Labute approximate surface area is 99.8 Å². The lowest BCUT2D eigenvalue weighted by Gasteiger charge is -1.96.